The van der Waals surface area contributed by atoms with Crippen molar-refractivity contribution >= 4 is 5.97 Å². The molecule has 0 aromatic carbocycles. The molecule has 0 amide bonds. The molecule has 0 aliphatic carbocycles. The van der Waals surface area contributed by atoms with Crippen LogP contribution in [-0.4, -0.2) is 40.4 Å². The highest BCUT2D eigenvalue weighted by Gasteiger charge is 2.21. The summed E-state index contributed by atoms with van der Waals surface area (Å²) in [6.45, 7) is 2.67. The Bertz CT molecular complexity index is 390. The van der Waals surface area contributed by atoms with Gasteiger partial charge in [0.05, 0.1) is 24.5 Å². The van der Waals surface area contributed by atoms with Gasteiger partial charge in [0, 0.05) is 6.20 Å². The summed E-state index contributed by atoms with van der Waals surface area (Å²) in [5.41, 5.74) is 0.486. The second kappa shape index (κ2) is 3.82. The molecule has 15 heavy (non-hydrogen) atoms. The number of carboxylic acid groups (broad SMARTS) is 1. The van der Waals surface area contributed by atoms with Gasteiger partial charge in [0.2, 0.25) is 0 Å². The summed E-state index contributed by atoms with van der Waals surface area (Å²) in [5.74, 6) is -1.04. The highest BCUT2D eigenvalue weighted by molar-refractivity contribution is 5.88. The molecule has 1 aromatic heterocycles. The van der Waals surface area contributed by atoms with E-state index in [9.17, 15) is 4.79 Å². The minimum absolute atomic E-state index is 0.0138. The van der Waals surface area contributed by atoms with Crippen molar-refractivity contribution in [1.29, 1.82) is 0 Å². The van der Waals surface area contributed by atoms with Gasteiger partial charge in [-0.25, -0.2) is 9.78 Å². The molecule has 1 saturated heterocycles. The van der Waals surface area contributed by atoms with Gasteiger partial charge in [-0.05, 0) is 6.92 Å². The fourth-order valence-electron chi connectivity index (χ4n) is 1.14. The van der Waals surface area contributed by atoms with E-state index in [-0.39, 0.29) is 17.7 Å². The summed E-state index contributed by atoms with van der Waals surface area (Å²) in [6, 6.07) is 0.200. The number of ether oxygens (including phenoxy) is 2. The minimum atomic E-state index is -1.04. The molecule has 6 heteroatoms. The molecule has 6 nitrogen and oxygen atoms in total. The predicted octanol–water partition coefficient (Wildman–Crippen LogP) is 0.261. The van der Waals surface area contributed by atoms with E-state index in [0.717, 1.165) is 0 Å². The number of carboxylic acids is 1. The van der Waals surface area contributed by atoms with E-state index in [4.69, 9.17) is 14.6 Å². The van der Waals surface area contributed by atoms with Crippen molar-refractivity contribution in [2.45, 2.75) is 13.0 Å². The first-order valence-electron chi connectivity index (χ1n) is 4.48. The third-order valence-electron chi connectivity index (χ3n) is 2.07. The molecule has 80 valence electrons. The Balaban J connectivity index is 2.13. The zero-order chi connectivity index (χ0) is 10.8. The van der Waals surface area contributed by atoms with Gasteiger partial charge in [-0.15, -0.1) is 0 Å². The first kappa shape index (κ1) is 9.85. The molecule has 0 atom stereocenters. The molecular weight excluding hydrogens is 200 g/mol. The van der Waals surface area contributed by atoms with Crippen molar-refractivity contribution in [1.82, 2.24) is 9.97 Å². The Morgan fingerprint density at radius 2 is 2.40 bits per heavy atom. The van der Waals surface area contributed by atoms with Crippen LogP contribution in [0.2, 0.25) is 0 Å². The van der Waals surface area contributed by atoms with Crippen LogP contribution in [0.1, 0.15) is 16.1 Å². The van der Waals surface area contributed by atoms with E-state index in [1.807, 2.05) is 0 Å². The lowest BCUT2D eigenvalue weighted by atomic mass is 10.2. The van der Waals surface area contributed by atoms with Crippen molar-refractivity contribution in [3.05, 3.63) is 17.5 Å². The third kappa shape index (κ3) is 2.04. The van der Waals surface area contributed by atoms with E-state index >= 15 is 0 Å². The summed E-state index contributed by atoms with van der Waals surface area (Å²) < 4.78 is 10.3. The van der Waals surface area contributed by atoms with Gasteiger partial charge in [-0.3, -0.25) is 0 Å². The van der Waals surface area contributed by atoms with Crippen LogP contribution >= 0.6 is 0 Å². The van der Waals surface area contributed by atoms with Gasteiger partial charge in [-0.2, -0.15) is 4.98 Å². The van der Waals surface area contributed by atoms with Crippen LogP contribution in [0.25, 0.3) is 0 Å². The van der Waals surface area contributed by atoms with E-state index in [0.29, 0.717) is 18.9 Å². The van der Waals surface area contributed by atoms with E-state index in [1.54, 1.807) is 6.92 Å². The summed E-state index contributed by atoms with van der Waals surface area (Å²) >= 11 is 0. The minimum Gasteiger partial charge on any atom is -0.478 e. The number of aryl methyl sites for hydroxylation is 1. The maximum atomic E-state index is 10.7. The average Bonchev–Trinajstić information content (AvgIpc) is 2.11. The number of aromatic carboxylic acids is 1. The topological polar surface area (TPSA) is 81.5 Å². The van der Waals surface area contributed by atoms with Crippen molar-refractivity contribution in [3.63, 3.8) is 0 Å². The number of hydrogen-bond acceptors (Lipinski definition) is 5. The van der Waals surface area contributed by atoms with Crippen molar-refractivity contribution in [3.8, 4) is 6.01 Å². The Labute approximate surface area is 85.9 Å². The zero-order valence-corrected chi connectivity index (χ0v) is 8.14. The molecule has 0 spiro atoms. The van der Waals surface area contributed by atoms with Crippen LogP contribution in [0.4, 0.5) is 0 Å². The SMILES string of the molecule is Cc1nc(OC2COC2)ncc1C(=O)O. The predicted molar refractivity (Wildman–Crippen MR) is 49.0 cm³/mol. The number of carbonyl (C=O) groups is 1. The van der Waals surface area contributed by atoms with Gasteiger partial charge in [0.1, 0.15) is 6.10 Å². The van der Waals surface area contributed by atoms with E-state index in [2.05, 4.69) is 9.97 Å². The fourth-order valence-corrected chi connectivity index (χ4v) is 1.14. The van der Waals surface area contributed by atoms with E-state index < -0.39 is 5.97 Å². The van der Waals surface area contributed by atoms with Crippen LogP contribution in [-0.2, 0) is 4.74 Å². The summed E-state index contributed by atoms with van der Waals surface area (Å²) in [5, 5.41) is 8.75. The monoisotopic (exact) mass is 210 g/mol. The third-order valence-corrected chi connectivity index (χ3v) is 2.07. The summed E-state index contributed by atoms with van der Waals surface area (Å²) in [4.78, 5) is 18.4. The molecular formula is C9H10N2O4. The highest BCUT2D eigenvalue weighted by Crippen LogP contribution is 2.13. The van der Waals surface area contributed by atoms with Crippen LogP contribution < -0.4 is 4.74 Å². The quantitative estimate of drug-likeness (QED) is 0.770. The molecule has 2 heterocycles. The number of aromatic nitrogens is 2. The lowest BCUT2D eigenvalue weighted by Crippen LogP contribution is -2.39. The molecule has 0 unspecified atom stereocenters. The molecule has 1 aliphatic heterocycles. The normalized spacial score (nSPS) is 15.8. The van der Waals surface area contributed by atoms with Gasteiger partial charge < -0.3 is 14.6 Å². The Morgan fingerprint density at radius 3 is 2.87 bits per heavy atom. The number of rotatable bonds is 3. The number of hydrogen-bond donors (Lipinski definition) is 1. The molecule has 1 N–H and O–H groups in total. The highest BCUT2D eigenvalue weighted by atomic mass is 16.6. The molecule has 1 aliphatic rings. The van der Waals surface area contributed by atoms with Crippen molar-refractivity contribution in [2.75, 3.05) is 13.2 Å². The van der Waals surface area contributed by atoms with Gasteiger partial charge in [0.25, 0.3) is 0 Å². The van der Waals surface area contributed by atoms with Gasteiger partial charge >= 0.3 is 12.0 Å². The summed E-state index contributed by atoms with van der Waals surface area (Å²) in [7, 11) is 0. The molecule has 0 saturated carbocycles. The lowest BCUT2D eigenvalue weighted by Gasteiger charge is -2.25. The zero-order valence-electron chi connectivity index (χ0n) is 8.14. The smallest absolute Gasteiger partial charge is 0.339 e. The van der Waals surface area contributed by atoms with Crippen LogP contribution in [0.5, 0.6) is 6.01 Å². The van der Waals surface area contributed by atoms with Crippen LogP contribution in [0.15, 0.2) is 6.20 Å². The first-order chi connectivity index (χ1) is 7.16. The lowest BCUT2D eigenvalue weighted by molar-refractivity contribution is -0.0831. The molecule has 1 fully saturated rings. The standard InChI is InChI=1S/C9H10N2O4/c1-5-7(8(12)13)2-10-9(11-5)15-6-3-14-4-6/h2,6H,3-4H2,1H3,(H,12,13). The van der Waals surface area contributed by atoms with Crippen LogP contribution in [0.3, 0.4) is 0 Å². The fraction of sp³-hybridized carbons (Fsp3) is 0.444. The maximum Gasteiger partial charge on any atom is 0.339 e. The summed E-state index contributed by atoms with van der Waals surface area (Å²) in [6.07, 6.45) is 1.24. The second-order valence-corrected chi connectivity index (χ2v) is 3.23. The average molecular weight is 210 g/mol. The van der Waals surface area contributed by atoms with E-state index in [1.165, 1.54) is 6.20 Å². The second-order valence-electron chi connectivity index (χ2n) is 3.23. The molecule has 0 bridgehead atoms. The molecule has 1 aromatic rings. The van der Waals surface area contributed by atoms with Crippen LogP contribution in [0, 0.1) is 6.92 Å². The van der Waals surface area contributed by atoms with Crippen molar-refractivity contribution < 1.29 is 19.4 Å². The first-order valence-corrected chi connectivity index (χ1v) is 4.48. The van der Waals surface area contributed by atoms with Gasteiger partial charge in [0.15, 0.2) is 0 Å². The van der Waals surface area contributed by atoms with Crippen molar-refractivity contribution in [2.24, 2.45) is 0 Å². The Morgan fingerprint density at radius 1 is 1.67 bits per heavy atom. The Kier molecular flexibility index (Phi) is 2.51. The maximum absolute atomic E-state index is 10.7. The largest absolute Gasteiger partial charge is 0.478 e. The molecule has 2 rings (SSSR count). The Hall–Kier alpha value is -1.69. The number of nitrogens with zero attached hydrogens (tertiary/aromatic N) is 2. The van der Waals surface area contributed by atoms with Gasteiger partial charge in [-0.1, -0.05) is 0 Å². The molecule has 0 radical (unpaired) electrons.